The van der Waals surface area contributed by atoms with Crippen molar-refractivity contribution in [3.63, 3.8) is 0 Å². The summed E-state index contributed by atoms with van der Waals surface area (Å²) in [5.41, 5.74) is 5.86. The molecule has 0 bridgehead atoms. The van der Waals surface area contributed by atoms with Crippen LogP contribution in [-0.4, -0.2) is 19.8 Å². The molecule has 1 saturated heterocycles. The van der Waals surface area contributed by atoms with E-state index in [1.54, 1.807) is 0 Å². The smallest absolute Gasteiger partial charge is 0.0509 e. The van der Waals surface area contributed by atoms with Crippen LogP contribution in [-0.2, 0) is 4.74 Å². The van der Waals surface area contributed by atoms with E-state index < -0.39 is 0 Å². The second-order valence-corrected chi connectivity index (χ2v) is 5.27. The molecule has 1 heterocycles. The van der Waals surface area contributed by atoms with Gasteiger partial charge in [-0.2, -0.15) is 0 Å². The maximum Gasteiger partial charge on any atom is 0.0509 e. The fourth-order valence-electron chi connectivity index (χ4n) is 3.42. The average Bonchev–Trinajstić information content (AvgIpc) is 2.57. The minimum absolute atomic E-state index is 0.641. The SMILES string of the molecule is NCC1COCCC1C1CCCCCC1. The van der Waals surface area contributed by atoms with Crippen LogP contribution in [0.5, 0.6) is 0 Å². The Kier molecular flexibility index (Phi) is 4.45. The normalized spacial score (nSPS) is 35.0. The van der Waals surface area contributed by atoms with Crippen LogP contribution in [0.25, 0.3) is 0 Å². The summed E-state index contributed by atoms with van der Waals surface area (Å²) in [4.78, 5) is 0. The van der Waals surface area contributed by atoms with Crippen LogP contribution in [0, 0.1) is 17.8 Å². The fraction of sp³-hybridized carbons (Fsp3) is 1.00. The van der Waals surface area contributed by atoms with Crippen molar-refractivity contribution in [3.8, 4) is 0 Å². The Hall–Kier alpha value is -0.0800. The molecule has 0 aromatic rings. The molecule has 0 aromatic carbocycles. The van der Waals surface area contributed by atoms with Gasteiger partial charge in [0.15, 0.2) is 0 Å². The zero-order chi connectivity index (χ0) is 10.5. The summed E-state index contributed by atoms with van der Waals surface area (Å²) in [5, 5.41) is 0. The highest BCUT2D eigenvalue weighted by atomic mass is 16.5. The standard InChI is InChI=1S/C13H25NO/c14-9-12-10-15-8-7-13(12)11-5-3-1-2-4-6-11/h11-13H,1-10,14H2. The molecule has 1 saturated carbocycles. The lowest BCUT2D eigenvalue weighted by Crippen LogP contribution is -2.37. The van der Waals surface area contributed by atoms with Gasteiger partial charge in [0, 0.05) is 6.61 Å². The maximum absolute atomic E-state index is 5.86. The van der Waals surface area contributed by atoms with Crippen LogP contribution in [0.15, 0.2) is 0 Å². The number of ether oxygens (including phenoxy) is 1. The number of nitrogens with two attached hydrogens (primary N) is 1. The first kappa shape index (κ1) is 11.4. The number of hydrogen-bond acceptors (Lipinski definition) is 2. The Bertz CT molecular complexity index is 175. The Labute approximate surface area is 93.6 Å². The van der Waals surface area contributed by atoms with Crippen LogP contribution in [0.4, 0.5) is 0 Å². The van der Waals surface area contributed by atoms with Crippen molar-refractivity contribution in [1.29, 1.82) is 0 Å². The molecule has 88 valence electrons. The van der Waals surface area contributed by atoms with E-state index in [-0.39, 0.29) is 0 Å². The summed E-state index contributed by atoms with van der Waals surface area (Å²) >= 11 is 0. The molecule has 2 atom stereocenters. The van der Waals surface area contributed by atoms with Gasteiger partial charge in [-0.15, -0.1) is 0 Å². The predicted molar refractivity (Wildman–Crippen MR) is 62.7 cm³/mol. The summed E-state index contributed by atoms with van der Waals surface area (Å²) in [6.45, 7) is 2.70. The van der Waals surface area contributed by atoms with Gasteiger partial charge < -0.3 is 10.5 Å². The first-order chi connectivity index (χ1) is 7.42. The van der Waals surface area contributed by atoms with E-state index in [0.29, 0.717) is 5.92 Å². The third-order valence-electron chi connectivity index (χ3n) is 4.34. The number of rotatable bonds is 2. The molecule has 1 aliphatic carbocycles. The fourth-order valence-corrected chi connectivity index (χ4v) is 3.42. The lowest BCUT2D eigenvalue weighted by atomic mass is 9.75. The second kappa shape index (κ2) is 5.86. The highest BCUT2D eigenvalue weighted by molar-refractivity contribution is 4.81. The molecule has 0 aromatic heterocycles. The van der Waals surface area contributed by atoms with Crippen molar-refractivity contribution in [2.24, 2.45) is 23.5 Å². The predicted octanol–water partition coefficient (Wildman–Crippen LogP) is 2.57. The first-order valence-electron chi connectivity index (χ1n) is 6.69. The third-order valence-corrected chi connectivity index (χ3v) is 4.34. The van der Waals surface area contributed by atoms with Crippen molar-refractivity contribution >= 4 is 0 Å². The topological polar surface area (TPSA) is 35.2 Å². The van der Waals surface area contributed by atoms with Crippen LogP contribution < -0.4 is 5.73 Å². The van der Waals surface area contributed by atoms with Crippen LogP contribution >= 0.6 is 0 Å². The summed E-state index contributed by atoms with van der Waals surface area (Å²) in [6.07, 6.45) is 9.94. The van der Waals surface area contributed by atoms with Gasteiger partial charge in [0.05, 0.1) is 6.61 Å². The average molecular weight is 211 g/mol. The molecule has 0 spiro atoms. The van der Waals surface area contributed by atoms with Gasteiger partial charge in [-0.25, -0.2) is 0 Å². The van der Waals surface area contributed by atoms with Gasteiger partial charge >= 0.3 is 0 Å². The number of hydrogen-bond donors (Lipinski definition) is 1. The zero-order valence-electron chi connectivity index (χ0n) is 9.79. The van der Waals surface area contributed by atoms with E-state index in [0.717, 1.165) is 31.6 Å². The molecule has 2 rings (SSSR count). The summed E-state index contributed by atoms with van der Waals surface area (Å²) in [5.74, 6) is 2.45. The lowest BCUT2D eigenvalue weighted by Gasteiger charge is -2.36. The van der Waals surface area contributed by atoms with E-state index in [2.05, 4.69) is 0 Å². The van der Waals surface area contributed by atoms with Gasteiger partial charge in [-0.05, 0) is 30.7 Å². The van der Waals surface area contributed by atoms with Crippen LogP contribution in [0.1, 0.15) is 44.9 Å². The summed E-state index contributed by atoms with van der Waals surface area (Å²) in [7, 11) is 0. The van der Waals surface area contributed by atoms with Gasteiger partial charge in [-0.1, -0.05) is 38.5 Å². The molecular weight excluding hydrogens is 186 g/mol. The molecule has 2 heteroatoms. The molecule has 2 aliphatic rings. The van der Waals surface area contributed by atoms with Crippen molar-refractivity contribution in [2.45, 2.75) is 44.9 Å². The molecule has 2 unspecified atom stereocenters. The largest absolute Gasteiger partial charge is 0.381 e. The van der Waals surface area contributed by atoms with Gasteiger partial charge in [0.1, 0.15) is 0 Å². The van der Waals surface area contributed by atoms with Crippen LogP contribution in [0.3, 0.4) is 0 Å². The molecule has 0 radical (unpaired) electrons. The second-order valence-electron chi connectivity index (χ2n) is 5.27. The van der Waals surface area contributed by atoms with Gasteiger partial charge in [0.2, 0.25) is 0 Å². The Morgan fingerprint density at radius 3 is 2.40 bits per heavy atom. The zero-order valence-corrected chi connectivity index (χ0v) is 9.79. The highest BCUT2D eigenvalue weighted by Crippen LogP contribution is 2.36. The van der Waals surface area contributed by atoms with Crippen molar-refractivity contribution in [1.82, 2.24) is 0 Å². The molecule has 2 nitrogen and oxygen atoms in total. The molecule has 2 N–H and O–H groups in total. The van der Waals surface area contributed by atoms with Gasteiger partial charge in [0.25, 0.3) is 0 Å². The Balaban J connectivity index is 1.92. The minimum atomic E-state index is 0.641. The monoisotopic (exact) mass is 211 g/mol. The van der Waals surface area contributed by atoms with E-state index >= 15 is 0 Å². The van der Waals surface area contributed by atoms with E-state index in [4.69, 9.17) is 10.5 Å². The van der Waals surface area contributed by atoms with Crippen molar-refractivity contribution in [2.75, 3.05) is 19.8 Å². The summed E-state index contributed by atoms with van der Waals surface area (Å²) in [6, 6.07) is 0. The molecule has 0 amide bonds. The quantitative estimate of drug-likeness (QED) is 0.712. The van der Waals surface area contributed by atoms with E-state index in [1.807, 2.05) is 0 Å². The summed E-state index contributed by atoms with van der Waals surface area (Å²) < 4.78 is 5.55. The van der Waals surface area contributed by atoms with E-state index in [1.165, 1.54) is 44.9 Å². The third kappa shape index (κ3) is 2.94. The lowest BCUT2D eigenvalue weighted by molar-refractivity contribution is -0.00360. The van der Waals surface area contributed by atoms with Crippen molar-refractivity contribution in [3.05, 3.63) is 0 Å². The van der Waals surface area contributed by atoms with Crippen LogP contribution in [0.2, 0.25) is 0 Å². The minimum Gasteiger partial charge on any atom is -0.381 e. The van der Waals surface area contributed by atoms with Crippen molar-refractivity contribution < 1.29 is 4.74 Å². The first-order valence-corrected chi connectivity index (χ1v) is 6.69. The maximum atomic E-state index is 5.86. The molecular formula is C13H25NO. The van der Waals surface area contributed by atoms with Gasteiger partial charge in [-0.3, -0.25) is 0 Å². The highest BCUT2D eigenvalue weighted by Gasteiger charge is 2.31. The van der Waals surface area contributed by atoms with E-state index in [9.17, 15) is 0 Å². The molecule has 2 fully saturated rings. The Morgan fingerprint density at radius 2 is 1.73 bits per heavy atom. The molecule has 15 heavy (non-hydrogen) atoms. The molecule has 1 aliphatic heterocycles. The Morgan fingerprint density at radius 1 is 1.00 bits per heavy atom.